The largest absolute Gasteiger partial charge is 0.492 e. The summed E-state index contributed by atoms with van der Waals surface area (Å²) >= 11 is 3.42. The van der Waals surface area contributed by atoms with E-state index in [1.165, 1.54) is 5.52 Å². The molecule has 0 unspecified atom stereocenters. The predicted octanol–water partition coefficient (Wildman–Crippen LogP) is 4.44. The third-order valence-electron chi connectivity index (χ3n) is 3.45. The topological polar surface area (TPSA) is 27.1 Å². The van der Waals surface area contributed by atoms with Crippen LogP contribution in [0.4, 0.5) is 0 Å². The Kier molecular flexibility index (Phi) is 4.25. The summed E-state index contributed by atoms with van der Waals surface area (Å²) in [7, 11) is 0. The van der Waals surface area contributed by atoms with Crippen molar-refractivity contribution in [3.63, 3.8) is 0 Å². The summed E-state index contributed by atoms with van der Waals surface area (Å²) in [5.74, 6) is 2.00. The van der Waals surface area contributed by atoms with Crippen LogP contribution in [0.25, 0.3) is 11.0 Å². The first-order valence-corrected chi connectivity index (χ1v) is 7.89. The number of ether oxygens (including phenoxy) is 1. The second kappa shape index (κ2) is 6.31. The smallest absolute Gasteiger partial charge is 0.119 e. The van der Waals surface area contributed by atoms with Gasteiger partial charge in [0.1, 0.15) is 18.2 Å². The van der Waals surface area contributed by atoms with Crippen molar-refractivity contribution < 1.29 is 4.74 Å². The molecule has 108 valence electrons. The maximum absolute atomic E-state index is 5.81. The number of fused-ring (bicyclic) bond motifs is 1. The lowest BCUT2D eigenvalue weighted by atomic mass is 10.3. The molecule has 0 bridgehead atoms. The van der Waals surface area contributed by atoms with Gasteiger partial charge in [0, 0.05) is 10.9 Å². The molecular formula is C17H17BrN2O. The molecule has 1 heterocycles. The van der Waals surface area contributed by atoms with Gasteiger partial charge in [-0.2, -0.15) is 0 Å². The fourth-order valence-corrected chi connectivity index (χ4v) is 2.69. The molecule has 4 heteroatoms. The zero-order valence-corrected chi connectivity index (χ0v) is 13.5. The Bertz CT molecular complexity index is 734. The number of aryl methyl sites for hydroxylation is 1. The molecule has 0 fully saturated rings. The van der Waals surface area contributed by atoms with Crippen LogP contribution >= 0.6 is 15.9 Å². The average Bonchev–Trinajstić information content (AvgIpc) is 2.87. The van der Waals surface area contributed by atoms with Crippen LogP contribution in [0.15, 0.2) is 53.0 Å². The van der Waals surface area contributed by atoms with Crippen molar-refractivity contribution in [2.45, 2.75) is 19.9 Å². The van der Waals surface area contributed by atoms with Crippen molar-refractivity contribution in [2.75, 3.05) is 6.61 Å². The van der Waals surface area contributed by atoms with Gasteiger partial charge in [0.25, 0.3) is 0 Å². The molecular weight excluding hydrogens is 328 g/mol. The van der Waals surface area contributed by atoms with Crippen LogP contribution in [-0.2, 0) is 13.0 Å². The third kappa shape index (κ3) is 3.10. The Labute approximate surface area is 132 Å². The molecule has 21 heavy (non-hydrogen) atoms. The van der Waals surface area contributed by atoms with Gasteiger partial charge in [0.2, 0.25) is 0 Å². The van der Waals surface area contributed by atoms with E-state index >= 15 is 0 Å². The molecule has 2 aromatic carbocycles. The highest BCUT2D eigenvalue weighted by Crippen LogP contribution is 2.18. The number of rotatable bonds is 5. The fraction of sp³-hybridized carbons (Fsp3) is 0.235. The SMILES string of the molecule is CCc1nc2ccccc2n1CCOc1ccc(Br)cc1. The maximum atomic E-state index is 5.81. The van der Waals surface area contributed by atoms with Crippen LogP contribution in [0.5, 0.6) is 5.75 Å². The number of hydrogen-bond acceptors (Lipinski definition) is 2. The molecule has 0 saturated carbocycles. The van der Waals surface area contributed by atoms with Gasteiger partial charge in [-0.25, -0.2) is 4.98 Å². The highest BCUT2D eigenvalue weighted by molar-refractivity contribution is 9.10. The Hall–Kier alpha value is -1.81. The molecule has 0 saturated heterocycles. The van der Waals surface area contributed by atoms with E-state index in [0.717, 1.165) is 34.5 Å². The highest BCUT2D eigenvalue weighted by atomic mass is 79.9. The van der Waals surface area contributed by atoms with E-state index in [9.17, 15) is 0 Å². The van der Waals surface area contributed by atoms with E-state index in [0.29, 0.717) is 6.61 Å². The van der Waals surface area contributed by atoms with E-state index in [2.05, 4.69) is 50.6 Å². The molecule has 0 atom stereocenters. The number of nitrogens with zero attached hydrogens (tertiary/aromatic N) is 2. The van der Waals surface area contributed by atoms with E-state index in [-0.39, 0.29) is 0 Å². The standard InChI is InChI=1S/C17H17BrN2O/c1-2-17-19-15-5-3-4-6-16(15)20(17)11-12-21-14-9-7-13(18)8-10-14/h3-10H,2,11-12H2,1H3. The fourth-order valence-electron chi connectivity index (χ4n) is 2.43. The lowest BCUT2D eigenvalue weighted by Crippen LogP contribution is -2.10. The number of hydrogen-bond donors (Lipinski definition) is 0. The molecule has 3 aromatic rings. The van der Waals surface area contributed by atoms with Crippen molar-refractivity contribution in [1.82, 2.24) is 9.55 Å². The molecule has 0 N–H and O–H groups in total. The lowest BCUT2D eigenvalue weighted by molar-refractivity contribution is 0.298. The molecule has 0 aliphatic carbocycles. The molecule has 1 aromatic heterocycles. The number of halogens is 1. The summed E-state index contributed by atoms with van der Waals surface area (Å²) in [5.41, 5.74) is 2.23. The van der Waals surface area contributed by atoms with Gasteiger partial charge in [0.05, 0.1) is 17.6 Å². The van der Waals surface area contributed by atoms with Gasteiger partial charge in [-0.15, -0.1) is 0 Å². The predicted molar refractivity (Wildman–Crippen MR) is 88.7 cm³/mol. The van der Waals surface area contributed by atoms with Crippen LogP contribution < -0.4 is 4.74 Å². The minimum Gasteiger partial charge on any atom is -0.492 e. The minimum absolute atomic E-state index is 0.634. The molecule has 0 amide bonds. The first-order chi connectivity index (χ1) is 10.3. The van der Waals surface area contributed by atoms with Crippen LogP contribution in [0.1, 0.15) is 12.7 Å². The monoisotopic (exact) mass is 344 g/mol. The summed E-state index contributed by atoms with van der Waals surface area (Å²) in [6.45, 7) is 3.57. The number of aromatic nitrogens is 2. The molecule has 0 aliphatic rings. The van der Waals surface area contributed by atoms with Crippen LogP contribution in [0.2, 0.25) is 0 Å². The number of imidazole rings is 1. The highest BCUT2D eigenvalue weighted by Gasteiger charge is 2.08. The maximum Gasteiger partial charge on any atom is 0.119 e. The molecule has 0 aliphatic heterocycles. The molecule has 0 radical (unpaired) electrons. The summed E-state index contributed by atoms with van der Waals surface area (Å²) in [6.07, 6.45) is 0.924. The van der Waals surface area contributed by atoms with Gasteiger partial charge >= 0.3 is 0 Å². The lowest BCUT2D eigenvalue weighted by Gasteiger charge is -2.10. The van der Waals surface area contributed by atoms with Crippen molar-refractivity contribution >= 4 is 27.0 Å². The molecule has 3 nitrogen and oxygen atoms in total. The van der Waals surface area contributed by atoms with Gasteiger partial charge in [-0.3, -0.25) is 0 Å². The van der Waals surface area contributed by atoms with Crippen molar-refractivity contribution in [3.8, 4) is 5.75 Å². The molecule has 3 rings (SSSR count). The van der Waals surface area contributed by atoms with E-state index in [1.54, 1.807) is 0 Å². The van der Waals surface area contributed by atoms with Gasteiger partial charge < -0.3 is 9.30 Å². The van der Waals surface area contributed by atoms with Gasteiger partial charge in [-0.1, -0.05) is 35.0 Å². The number of benzene rings is 2. The first-order valence-electron chi connectivity index (χ1n) is 7.10. The summed E-state index contributed by atoms with van der Waals surface area (Å²) in [5, 5.41) is 0. The second-order valence-electron chi connectivity index (χ2n) is 4.82. The normalized spacial score (nSPS) is 11.0. The Balaban J connectivity index is 1.74. The minimum atomic E-state index is 0.634. The Morgan fingerprint density at radius 1 is 1.10 bits per heavy atom. The van der Waals surface area contributed by atoms with E-state index in [1.807, 2.05) is 30.3 Å². The number of para-hydroxylation sites is 2. The summed E-state index contributed by atoms with van der Waals surface area (Å²) < 4.78 is 9.12. The van der Waals surface area contributed by atoms with Crippen molar-refractivity contribution in [2.24, 2.45) is 0 Å². The van der Waals surface area contributed by atoms with E-state index in [4.69, 9.17) is 4.74 Å². The van der Waals surface area contributed by atoms with Gasteiger partial charge in [0.15, 0.2) is 0 Å². The second-order valence-corrected chi connectivity index (χ2v) is 5.74. The Morgan fingerprint density at radius 2 is 1.86 bits per heavy atom. The van der Waals surface area contributed by atoms with Crippen molar-refractivity contribution in [1.29, 1.82) is 0 Å². The first kappa shape index (κ1) is 14.1. The zero-order chi connectivity index (χ0) is 14.7. The van der Waals surface area contributed by atoms with E-state index < -0.39 is 0 Å². The van der Waals surface area contributed by atoms with Crippen LogP contribution in [0.3, 0.4) is 0 Å². The quantitative estimate of drug-likeness (QED) is 0.684. The van der Waals surface area contributed by atoms with Crippen LogP contribution in [-0.4, -0.2) is 16.2 Å². The van der Waals surface area contributed by atoms with Crippen molar-refractivity contribution in [3.05, 3.63) is 58.8 Å². The zero-order valence-electron chi connectivity index (χ0n) is 11.9. The van der Waals surface area contributed by atoms with Gasteiger partial charge in [-0.05, 0) is 36.4 Å². The summed E-state index contributed by atoms with van der Waals surface area (Å²) in [6, 6.07) is 16.2. The average molecular weight is 345 g/mol. The van der Waals surface area contributed by atoms with Crippen LogP contribution in [0, 0.1) is 0 Å². The Morgan fingerprint density at radius 3 is 2.62 bits per heavy atom. The summed E-state index contributed by atoms with van der Waals surface area (Å²) in [4.78, 5) is 4.67. The molecule has 0 spiro atoms. The third-order valence-corrected chi connectivity index (χ3v) is 3.98.